The van der Waals surface area contributed by atoms with E-state index in [1.807, 2.05) is 6.92 Å². The normalized spacial score (nSPS) is 18.7. The van der Waals surface area contributed by atoms with Crippen LogP contribution in [0.4, 0.5) is 4.79 Å². The minimum Gasteiger partial charge on any atom is -0.479 e. The Labute approximate surface area is 85.7 Å². The van der Waals surface area contributed by atoms with Gasteiger partial charge in [-0.1, -0.05) is 11.6 Å². The van der Waals surface area contributed by atoms with Gasteiger partial charge in [0.2, 0.25) is 0 Å². The standard InChI is InChI=1S/C10H9NO4/c1-5-2-3-7-6(4-5)8(9(12)13)11-10(14)15-7/h2-4,8H,1H3,(H,11,14)(H,12,13). The van der Waals surface area contributed by atoms with Crippen LogP contribution in [-0.4, -0.2) is 17.2 Å². The molecule has 5 heteroatoms. The molecule has 1 aromatic carbocycles. The van der Waals surface area contributed by atoms with E-state index < -0.39 is 18.1 Å². The molecular weight excluding hydrogens is 198 g/mol. The maximum absolute atomic E-state index is 11.0. The molecule has 0 aliphatic carbocycles. The van der Waals surface area contributed by atoms with Crippen LogP contribution < -0.4 is 10.1 Å². The third-order valence-corrected chi connectivity index (χ3v) is 2.19. The summed E-state index contributed by atoms with van der Waals surface area (Å²) in [7, 11) is 0. The first-order chi connectivity index (χ1) is 7.08. The second-order valence-corrected chi connectivity index (χ2v) is 3.35. The number of ether oxygens (including phenoxy) is 1. The summed E-state index contributed by atoms with van der Waals surface area (Å²) in [5, 5.41) is 11.2. The van der Waals surface area contributed by atoms with E-state index in [1.54, 1.807) is 18.2 Å². The van der Waals surface area contributed by atoms with Gasteiger partial charge in [-0.25, -0.2) is 9.59 Å². The van der Waals surface area contributed by atoms with E-state index in [0.29, 0.717) is 11.3 Å². The van der Waals surface area contributed by atoms with Crippen LogP contribution in [-0.2, 0) is 4.79 Å². The first kappa shape index (κ1) is 9.51. The molecule has 0 saturated carbocycles. The van der Waals surface area contributed by atoms with Crippen molar-refractivity contribution in [1.82, 2.24) is 5.32 Å². The zero-order chi connectivity index (χ0) is 11.0. The Morgan fingerprint density at radius 2 is 2.27 bits per heavy atom. The van der Waals surface area contributed by atoms with Gasteiger partial charge in [0.15, 0.2) is 6.04 Å². The van der Waals surface area contributed by atoms with Crippen molar-refractivity contribution >= 4 is 12.1 Å². The van der Waals surface area contributed by atoms with Gasteiger partial charge in [0.25, 0.3) is 0 Å². The van der Waals surface area contributed by atoms with Gasteiger partial charge in [-0.05, 0) is 19.1 Å². The molecule has 5 nitrogen and oxygen atoms in total. The lowest BCUT2D eigenvalue weighted by Gasteiger charge is -2.23. The SMILES string of the molecule is Cc1ccc2c(c1)C(C(=O)O)NC(=O)O2. The Morgan fingerprint density at radius 3 is 2.93 bits per heavy atom. The minimum atomic E-state index is -1.10. The average Bonchev–Trinajstić information content (AvgIpc) is 2.17. The summed E-state index contributed by atoms with van der Waals surface area (Å²) in [6, 6.07) is 4.02. The van der Waals surface area contributed by atoms with Gasteiger partial charge >= 0.3 is 12.1 Å². The highest BCUT2D eigenvalue weighted by molar-refractivity contribution is 5.85. The van der Waals surface area contributed by atoms with E-state index in [9.17, 15) is 9.59 Å². The number of aryl methyl sites for hydroxylation is 1. The Morgan fingerprint density at radius 1 is 1.53 bits per heavy atom. The topological polar surface area (TPSA) is 75.6 Å². The van der Waals surface area contributed by atoms with E-state index in [1.165, 1.54) is 0 Å². The van der Waals surface area contributed by atoms with Crippen LogP contribution in [0.5, 0.6) is 5.75 Å². The molecule has 1 aromatic rings. The second kappa shape index (κ2) is 3.27. The Hall–Kier alpha value is -2.04. The number of nitrogens with one attached hydrogen (secondary N) is 1. The first-order valence-corrected chi connectivity index (χ1v) is 4.39. The number of aliphatic carboxylic acids is 1. The fourth-order valence-electron chi connectivity index (χ4n) is 1.51. The molecule has 1 aliphatic heterocycles. The molecule has 0 aromatic heterocycles. The lowest BCUT2D eigenvalue weighted by Crippen LogP contribution is -2.39. The maximum Gasteiger partial charge on any atom is 0.413 e. The highest BCUT2D eigenvalue weighted by atomic mass is 16.6. The Balaban J connectivity index is 2.52. The number of amides is 1. The summed E-state index contributed by atoms with van der Waals surface area (Å²) < 4.78 is 4.85. The highest BCUT2D eigenvalue weighted by Gasteiger charge is 2.31. The van der Waals surface area contributed by atoms with Crippen LogP contribution in [0, 0.1) is 6.92 Å². The van der Waals surface area contributed by atoms with Gasteiger partial charge in [0, 0.05) is 5.56 Å². The molecule has 15 heavy (non-hydrogen) atoms. The van der Waals surface area contributed by atoms with Crippen molar-refractivity contribution in [2.24, 2.45) is 0 Å². The van der Waals surface area contributed by atoms with Gasteiger partial charge in [-0.15, -0.1) is 0 Å². The fourth-order valence-corrected chi connectivity index (χ4v) is 1.51. The molecule has 78 valence electrons. The second-order valence-electron chi connectivity index (χ2n) is 3.35. The molecule has 1 amide bonds. The predicted molar refractivity (Wildman–Crippen MR) is 50.7 cm³/mol. The molecule has 1 heterocycles. The molecule has 0 saturated heterocycles. The molecule has 0 radical (unpaired) electrons. The number of carboxylic acids is 1. The lowest BCUT2D eigenvalue weighted by molar-refractivity contribution is -0.139. The van der Waals surface area contributed by atoms with Crippen molar-refractivity contribution < 1.29 is 19.4 Å². The van der Waals surface area contributed by atoms with E-state index in [2.05, 4.69) is 5.32 Å². The number of rotatable bonds is 1. The Bertz CT molecular complexity index is 441. The van der Waals surface area contributed by atoms with E-state index in [-0.39, 0.29) is 0 Å². The number of carbonyl (C=O) groups is 2. The zero-order valence-corrected chi connectivity index (χ0v) is 7.98. The first-order valence-electron chi connectivity index (χ1n) is 4.39. The van der Waals surface area contributed by atoms with Crippen molar-refractivity contribution in [1.29, 1.82) is 0 Å². The largest absolute Gasteiger partial charge is 0.479 e. The van der Waals surface area contributed by atoms with Crippen LogP contribution in [0.25, 0.3) is 0 Å². The van der Waals surface area contributed by atoms with E-state index in [4.69, 9.17) is 9.84 Å². The van der Waals surface area contributed by atoms with Crippen LogP contribution in [0.2, 0.25) is 0 Å². The molecule has 1 atom stereocenters. The van der Waals surface area contributed by atoms with Crippen molar-refractivity contribution in [2.45, 2.75) is 13.0 Å². The van der Waals surface area contributed by atoms with Crippen LogP contribution in [0.3, 0.4) is 0 Å². The lowest BCUT2D eigenvalue weighted by atomic mass is 10.0. The summed E-state index contributed by atoms with van der Waals surface area (Å²) in [6.07, 6.45) is -0.737. The van der Waals surface area contributed by atoms with Crippen molar-refractivity contribution in [3.63, 3.8) is 0 Å². The summed E-state index contributed by atoms with van der Waals surface area (Å²) in [5.74, 6) is -0.796. The smallest absolute Gasteiger partial charge is 0.413 e. The van der Waals surface area contributed by atoms with Crippen LogP contribution in [0.15, 0.2) is 18.2 Å². The third-order valence-electron chi connectivity index (χ3n) is 2.19. The number of benzene rings is 1. The minimum absolute atomic E-state index is 0.303. The summed E-state index contributed by atoms with van der Waals surface area (Å²) >= 11 is 0. The molecule has 0 fully saturated rings. The zero-order valence-electron chi connectivity index (χ0n) is 7.98. The number of fused-ring (bicyclic) bond motifs is 1. The third kappa shape index (κ3) is 1.63. The summed E-state index contributed by atoms with van der Waals surface area (Å²) in [4.78, 5) is 21.9. The molecule has 0 bridgehead atoms. The van der Waals surface area contributed by atoms with Gasteiger partial charge in [0.05, 0.1) is 0 Å². The predicted octanol–water partition coefficient (Wildman–Crippen LogP) is 1.22. The molecule has 2 rings (SSSR count). The van der Waals surface area contributed by atoms with Crippen molar-refractivity contribution in [3.05, 3.63) is 29.3 Å². The molecule has 1 aliphatic rings. The van der Waals surface area contributed by atoms with Crippen molar-refractivity contribution in [3.8, 4) is 5.75 Å². The fraction of sp³-hybridized carbons (Fsp3) is 0.200. The number of hydrogen-bond acceptors (Lipinski definition) is 3. The molecular formula is C10H9NO4. The number of carbonyl (C=O) groups excluding carboxylic acids is 1. The summed E-state index contributed by atoms with van der Waals surface area (Å²) in [6.45, 7) is 1.84. The van der Waals surface area contributed by atoms with Gasteiger partial charge in [-0.3, -0.25) is 0 Å². The maximum atomic E-state index is 11.0. The number of hydrogen-bond donors (Lipinski definition) is 2. The van der Waals surface area contributed by atoms with E-state index in [0.717, 1.165) is 5.56 Å². The Kier molecular flexibility index (Phi) is 2.07. The van der Waals surface area contributed by atoms with Gasteiger partial charge in [0.1, 0.15) is 5.75 Å². The summed E-state index contributed by atoms with van der Waals surface area (Å²) in [5.41, 5.74) is 1.39. The molecule has 0 spiro atoms. The monoisotopic (exact) mass is 207 g/mol. The molecule has 2 N–H and O–H groups in total. The van der Waals surface area contributed by atoms with Crippen LogP contribution >= 0.6 is 0 Å². The molecule has 1 unspecified atom stereocenters. The van der Waals surface area contributed by atoms with E-state index >= 15 is 0 Å². The van der Waals surface area contributed by atoms with Gasteiger partial charge < -0.3 is 15.2 Å². The van der Waals surface area contributed by atoms with Crippen molar-refractivity contribution in [2.75, 3.05) is 0 Å². The number of carboxylic acid groups (broad SMARTS) is 1. The van der Waals surface area contributed by atoms with Crippen LogP contribution in [0.1, 0.15) is 17.2 Å². The quantitative estimate of drug-likeness (QED) is 0.726. The average molecular weight is 207 g/mol. The highest BCUT2D eigenvalue weighted by Crippen LogP contribution is 2.30. The van der Waals surface area contributed by atoms with Gasteiger partial charge in [-0.2, -0.15) is 0 Å².